The first-order valence-electron chi connectivity index (χ1n) is 6.83. The molecule has 0 aliphatic rings. The molecule has 0 N–H and O–H groups in total. The average Bonchev–Trinajstić information content (AvgIpc) is 2.85. The van der Waals surface area contributed by atoms with Crippen LogP contribution in [0.2, 0.25) is 0 Å². The first kappa shape index (κ1) is 14.2. The highest BCUT2D eigenvalue weighted by Crippen LogP contribution is 2.15. The second-order valence-corrected chi connectivity index (χ2v) is 4.89. The fourth-order valence-electron chi connectivity index (χ4n) is 2.17. The predicted octanol–water partition coefficient (Wildman–Crippen LogP) is 2.49. The summed E-state index contributed by atoms with van der Waals surface area (Å²) < 4.78 is 1.81. The molecule has 0 unspecified atom stereocenters. The summed E-state index contributed by atoms with van der Waals surface area (Å²) in [5, 5.41) is 8.16. The van der Waals surface area contributed by atoms with Crippen molar-refractivity contribution in [1.82, 2.24) is 19.9 Å². The van der Waals surface area contributed by atoms with Gasteiger partial charge >= 0.3 is 0 Å². The summed E-state index contributed by atoms with van der Waals surface area (Å²) in [6.45, 7) is 11.8. The van der Waals surface area contributed by atoms with Crippen molar-refractivity contribution >= 4 is 16.9 Å². The zero-order chi connectivity index (χ0) is 14.7. The van der Waals surface area contributed by atoms with E-state index in [0.717, 1.165) is 23.2 Å². The van der Waals surface area contributed by atoms with Crippen LogP contribution in [0.1, 0.15) is 31.1 Å². The molecule has 0 aliphatic heterocycles. The van der Waals surface area contributed by atoms with Crippen LogP contribution >= 0.6 is 0 Å². The smallest absolute Gasteiger partial charge is 0.254 e. The maximum absolute atomic E-state index is 12.5. The third-order valence-corrected chi connectivity index (χ3v) is 3.19. The van der Waals surface area contributed by atoms with Gasteiger partial charge in [0.05, 0.1) is 5.52 Å². The second-order valence-electron chi connectivity index (χ2n) is 4.89. The normalized spacial score (nSPS) is 10.8. The molecule has 1 aromatic carbocycles. The van der Waals surface area contributed by atoms with E-state index in [9.17, 15) is 4.79 Å². The predicted molar refractivity (Wildman–Crippen MR) is 79.6 cm³/mol. The summed E-state index contributed by atoms with van der Waals surface area (Å²) in [6.07, 6.45) is 0. The number of hydrogen-bond acceptors (Lipinski definition) is 3. The van der Waals surface area contributed by atoms with Crippen LogP contribution in [-0.2, 0) is 6.54 Å². The monoisotopic (exact) mass is 272 g/mol. The summed E-state index contributed by atoms with van der Waals surface area (Å²) in [5.41, 5.74) is 3.32. The van der Waals surface area contributed by atoms with Crippen LogP contribution in [0.3, 0.4) is 0 Å². The molecule has 106 valence electrons. The van der Waals surface area contributed by atoms with Gasteiger partial charge in [-0.2, -0.15) is 0 Å². The summed E-state index contributed by atoms with van der Waals surface area (Å²) in [6, 6.07) is 5.54. The lowest BCUT2D eigenvalue weighted by atomic mass is 10.1. The van der Waals surface area contributed by atoms with Crippen molar-refractivity contribution in [2.75, 3.05) is 13.1 Å². The minimum absolute atomic E-state index is 0.00319. The maximum Gasteiger partial charge on any atom is 0.254 e. The minimum Gasteiger partial charge on any atom is -0.335 e. The van der Waals surface area contributed by atoms with Crippen LogP contribution < -0.4 is 0 Å². The Kier molecular flexibility index (Phi) is 4.17. The lowest BCUT2D eigenvalue weighted by molar-refractivity contribution is 0.0778. The van der Waals surface area contributed by atoms with Crippen molar-refractivity contribution in [3.8, 4) is 0 Å². The Morgan fingerprint density at radius 1 is 1.40 bits per heavy atom. The van der Waals surface area contributed by atoms with E-state index in [4.69, 9.17) is 0 Å². The van der Waals surface area contributed by atoms with E-state index in [-0.39, 0.29) is 5.91 Å². The van der Waals surface area contributed by atoms with Gasteiger partial charge in [0.1, 0.15) is 5.52 Å². The molecule has 0 atom stereocenters. The average molecular weight is 272 g/mol. The molecule has 0 fully saturated rings. The molecule has 0 radical (unpaired) electrons. The number of fused-ring (bicyclic) bond motifs is 1. The molecule has 0 spiro atoms. The number of rotatable bonds is 5. The van der Waals surface area contributed by atoms with Gasteiger partial charge in [-0.1, -0.05) is 17.4 Å². The van der Waals surface area contributed by atoms with Gasteiger partial charge in [0.25, 0.3) is 5.91 Å². The van der Waals surface area contributed by atoms with E-state index in [1.165, 1.54) is 0 Å². The molecule has 0 aliphatic carbocycles. The molecule has 2 aromatic rings. The van der Waals surface area contributed by atoms with Crippen LogP contribution in [0.25, 0.3) is 11.0 Å². The fourth-order valence-corrected chi connectivity index (χ4v) is 2.17. The van der Waals surface area contributed by atoms with Gasteiger partial charge in [-0.3, -0.25) is 4.79 Å². The number of hydrogen-bond donors (Lipinski definition) is 0. The number of aryl methyl sites for hydroxylation is 1. The van der Waals surface area contributed by atoms with Crippen molar-refractivity contribution < 1.29 is 4.79 Å². The topological polar surface area (TPSA) is 51.0 Å². The zero-order valence-electron chi connectivity index (χ0n) is 12.3. The minimum atomic E-state index is 0.00319. The molecule has 5 heteroatoms. The fraction of sp³-hybridized carbons (Fsp3) is 0.400. The van der Waals surface area contributed by atoms with Crippen LogP contribution in [0, 0.1) is 0 Å². The highest BCUT2D eigenvalue weighted by Gasteiger charge is 2.15. The Hall–Kier alpha value is -2.17. The number of benzene rings is 1. The Labute approximate surface area is 118 Å². The molecule has 1 amide bonds. The third kappa shape index (κ3) is 2.71. The van der Waals surface area contributed by atoms with Crippen LogP contribution in [0.15, 0.2) is 30.4 Å². The summed E-state index contributed by atoms with van der Waals surface area (Å²) in [5.74, 6) is 0.00319. The first-order chi connectivity index (χ1) is 9.56. The number of amides is 1. The van der Waals surface area contributed by atoms with Crippen LogP contribution in [0.5, 0.6) is 0 Å². The summed E-state index contributed by atoms with van der Waals surface area (Å²) in [4.78, 5) is 14.2. The number of likely N-dealkylation sites (N-methyl/N-ethyl adjacent to an activating group) is 1. The first-order valence-corrected chi connectivity index (χ1v) is 6.83. The van der Waals surface area contributed by atoms with Gasteiger partial charge in [0, 0.05) is 25.2 Å². The van der Waals surface area contributed by atoms with E-state index in [1.54, 1.807) is 11.0 Å². The zero-order valence-corrected chi connectivity index (χ0v) is 12.3. The van der Waals surface area contributed by atoms with Crippen molar-refractivity contribution in [3.63, 3.8) is 0 Å². The van der Waals surface area contributed by atoms with Gasteiger partial charge in [-0.15, -0.1) is 5.10 Å². The highest BCUT2D eigenvalue weighted by atomic mass is 16.2. The highest BCUT2D eigenvalue weighted by molar-refractivity contribution is 5.97. The molecule has 2 rings (SSSR count). The number of nitrogens with zero attached hydrogens (tertiary/aromatic N) is 4. The largest absolute Gasteiger partial charge is 0.335 e. The quantitative estimate of drug-likeness (QED) is 0.786. The van der Waals surface area contributed by atoms with Crippen LogP contribution in [-0.4, -0.2) is 38.9 Å². The molecular formula is C15H20N4O. The van der Waals surface area contributed by atoms with E-state index in [0.29, 0.717) is 18.7 Å². The molecule has 0 bridgehead atoms. The van der Waals surface area contributed by atoms with Gasteiger partial charge in [0.15, 0.2) is 0 Å². The Morgan fingerprint density at radius 3 is 2.75 bits per heavy atom. The second kappa shape index (κ2) is 5.86. The van der Waals surface area contributed by atoms with E-state index in [2.05, 4.69) is 16.9 Å². The Balaban J connectivity index is 2.32. The van der Waals surface area contributed by atoms with Gasteiger partial charge in [-0.05, 0) is 39.0 Å². The van der Waals surface area contributed by atoms with Crippen molar-refractivity contribution in [3.05, 3.63) is 35.9 Å². The van der Waals surface area contributed by atoms with Gasteiger partial charge in [0.2, 0.25) is 0 Å². The van der Waals surface area contributed by atoms with E-state index < -0.39 is 0 Å². The Morgan fingerprint density at radius 2 is 2.15 bits per heavy atom. The number of carbonyl (C=O) groups excluding carboxylic acids is 1. The molecule has 0 saturated heterocycles. The molecule has 20 heavy (non-hydrogen) atoms. The molecule has 1 aromatic heterocycles. The Bertz CT molecular complexity index is 644. The summed E-state index contributed by atoms with van der Waals surface area (Å²) >= 11 is 0. The SMILES string of the molecule is C=C(C)CN(CC)C(=O)c1ccc2c(c1)nnn2CC. The van der Waals surface area contributed by atoms with E-state index in [1.807, 2.05) is 37.6 Å². The standard InChI is InChI=1S/C15H20N4O/c1-5-18(10-11(3)4)15(20)12-7-8-14-13(9-12)16-17-19(14)6-2/h7-9H,3,5-6,10H2,1-2,4H3. The number of aromatic nitrogens is 3. The lowest BCUT2D eigenvalue weighted by Crippen LogP contribution is -2.32. The van der Waals surface area contributed by atoms with Crippen molar-refractivity contribution in [2.45, 2.75) is 27.3 Å². The van der Waals surface area contributed by atoms with Gasteiger partial charge in [-0.25, -0.2) is 4.68 Å². The van der Waals surface area contributed by atoms with E-state index >= 15 is 0 Å². The maximum atomic E-state index is 12.5. The van der Waals surface area contributed by atoms with Crippen LogP contribution in [0.4, 0.5) is 0 Å². The molecular weight excluding hydrogens is 252 g/mol. The third-order valence-electron chi connectivity index (χ3n) is 3.19. The van der Waals surface area contributed by atoms with Crippen molar-refractivity contribution in [2.24, 2.45) is 0 Å². The molecule has 5 nitrogen and oxygen atoms in total. The lowest BCUT2D eigenvalue weighted by Gasteiger charge is -2.20. The molecule has 0 saturated carbocycles. The van der Waals surface area contributed by atoms with Crippen molar-refractivity contribution in [1.29, 1.82) is 0 Å². The summed E-state index contributed by atoms with van der Waals surface area (Å²) in [7, 11) is 0. The number of carbonyl (C=O) groups is 1. The molecule has 1 heterocycles. The van der Waals surface area contributed by atoms with Gasteiger partial charge < -0.3 is 4.90 Å².